The average Bonchev–Trinajstić information content (AvgIpc) is 2.71. The molecule has 0 saturated carbocycles. The van der Waals surface area contributed by atoms with Crippen molar-refractivity contribution in [2.45, 2.75) is 0 Å². The number of benzene rings is 2. The number of nitrogens with zero attached hydrogens (tertiary/aromatic N) is 1. The quantitative estimate of drug-likeness (QED) is 0.258. The Kier molecular flexibility index (Phi) is 7.87. The fraction of sp³-hybridized carbons (Fsp3) is 0.111. The Bertz CT molecular complexity index is 1040. The summed E-state index contributed by atoms with van der Waals surface area (Å²) in [6.07, 6.45) is 0.776. The average molecular weight is 476 g/mol. The van der Waals surface area contributed by atoms with E-state index in [0.717, 1.165) is 32.4 Å². The molecule has 0 amide bonds. The number of rotatable bonds is 7. The van der Waals surface area contributed by atoms with Gasteiger partial charge in [0.05, 0.1) is 35.3 Å². The lowest BCUT2D eigenvalue weighted by Gasteiger charge is -2.14. The van der Waals surface area contributed by atoms with Gasteiger partial charge in [-0.1, -0.05) is 40.9 Å². The highest BCUT2D eigenvalue weighted by Crippen LogP contribution is 2.41. The molecule has 9 nitrogen and oxygen atoms in total. The highest BCUT2D eigenvalue weighted by atomic mass is 35.5. The van der Waals surface area contributed by atoms with E-state index in [9.17, 15) is 19.7 Å². The van der Waals surface area contributed by atoms with E-state index in [1.54, 1.807) is 12.1 Å². The fourth-order valence-electron chi connectivity index (χ4n) is 2.13. The van der Waals surface area contributed by atoms with Crippen LogP contribution in [0.3, 0.4) is 0 Å². The van der Waals surface area contributed by atoms with Crippen LogP contribution in [0.4, 0.5) is 11.4 Å². The summed E-state index contributed by atoms with van der Waals surface area (Å²) < 4.78 is 14.7. The van der Waals surface area contributed by atoms with Crippen LogP contribution < -0.4 is 10.1 Å². The molecular weight excluding hydrogens is 463 g/mol. The molecule has 0 aromatic heterocycles. The summed E-state index contributed by atoms with van der Waals surface area (Å²) in [7, 11) is 2.17. The molecule has 0 aliphatic carbocycles. The molecule has 2 rings (SSSR count). The third-order valence-electron chi connectivity index (χ3n) is 3.52. The predicted octanol–water partition coefficient (Wildman–Crippen LogP) is 4.99. The molecule has 1 N–H and O–H groups in total. The number of hydrogen-bond acceptors (Lipinski definition) is 8. The molecule has 12 heteroatoms. The van der Waals surface area contributed by atoms with E-state index in [0.29, 0.717) is 0 Å². The summed E-state index contributed by atoms with van der Waals surface area (Å²) in [5.41, 5.74) is -1.12. The van der Waals surface area contributed by atoms with Gasteiger partial charge in [0.2, 0.25) is 0 Å². The van der Waals surface area contributed by atoms with Crippen molar-refractivity contribution in [2.24, 2.45) is 0 Å². The Labute approximate surface area is 185 Å². The fourth-order valence-corrected chi connectivity index (χ4v) is 2.66. The van der Waals surface area contributed by atoms with E-state index < -0.39 is 28.2 Å². The zero-order chi connectivity index (χ0) is 22.4. The van der Waals surface area contributed by atoms with E-state index in [1.165, 1.54) is 6.07 Å². The Morgan fingerprint density at radius 1 is 1.07 bits per heavy atom. The van der Waals surface area contributed by atoms with Crippen molar-refractivity contribution in [3.63, 3.8) is 0 Å². The van der Waals surface area contributed by atoms with Crippen molar-refractivity contribution >= 4 is 58.1 Å². The first-order valence-electron chi connectivity index (χ1n) is 7.92. The maximum atomic E-state index is 12.0. The van der Waals surface area contributed by atoms with Crippen molar-refractivity contribution in [3.05, 3.63) is 67.3 Å². The molecule has 2 aromatic carbocycles. The summed E-state index contributed by atoms with van der Waals surface area (Å²) >= 11 is 18.1. The van der Waals surface area contributed by atoms with Crippen LogP contribution in [0.2, 0.25) is 15.1 Å². The first-order valence-corrected chi connectivity index (χ1v) is 9.06. The highest BCUT2D eigenvalue weighted by molar-refractivity contribution is 6.43. The summed E-state index contributed by atoms with van der Waals surface area (Å²) in [6.45, 7) is 0. The summed E-state index contributed by atoms with van der Waals surface area (Å²) in [5.74, 6) is -1.74. The lowest BCUT2D eigenvalue weighted by molar-refractivity contribution is -0.383. The van der Waals surface area contributed by atoms with Crippen molar-refractivity contribution in [1.29, 1.82) is 0 Å². The lowest BCUT2D eigenvalue weighted by Crippen LogP contribution is -2.16. The molecule has 0 atom stereocenters. The Hall–Kier alpha value is -3.01. The molecule has 0 fully saturated rings. The van der Waals surface area contributed by atoms with E-state index in [4.69, 9.17) is 39.5 Å². The van der Waals surface area contributed by atoms with Crippen LogP contribution >= 0.6 is 34.8 Å². The van der Waals surface area contributed by atoms with Crippen LogP contribution in [0, 0.1) is 10.1 Å². The van der Waals surface area contributed by atoms with Gasteiger partial charge in [0.25, 0.3) is 5.69 Å². The minimum absolute atomic E-state index is 0.0313. The number of nitrogens with one attached hydrogen (secondary N) is 1. The molecule has 0 bridgehead atoms. The van der Waals surface area contributed by atoms with E-state index in [2.05, 4.69) is 14.8 Å². The van der Waals surface area contributed by atoms with Crippen LogP contribution in [-0.4, -0.2) is 31.1 Å². The zero-order valence-corrected chi connectivity index (χ0v) is 17.7. The number of nitro benzene ring substituents is 1. The van der Waals surface area contributed by atoms with E-state index in [1.807, 2.05) is 0 Å². The second kappa shape index (κ2) is 10.1. The molecule has 0 unspecified atom stereocenters. The molecule has 30 heavy (non-hydrogen) atoms. The minimum Gasteiger partial charge on any atom is -0.466 e. The Morgan fingerprint density at radius 3 is 2.37 bits per heavy atom. The molecule has 0 heterocycles. The largest absolute Gasteiger partial charge is 0.466 e. The second-order valence-electron chi connectivity index (χ2n) is 5.41. The second-order valence-corrected chi connectivity index (χ2v) is 6.60. The number of carbonyl (C=O) groups is 2. The number of esters is 2. The van der Waals surface area contributed by atoms with Crippen LogP contribution in [0.25, 0.3) is 0 Å². The van der Waals surface area contributed by atoms with Crippen molar-refractivity contribution in [3.8, 4) is 11.5 Å². The molecular formula is C18H13Cl3N2O7. The van der Waals surface area contributed by atoms with Gasteiger partial charge >= 0.3 is 11.9 Å². The molecule has 2 aromatic rings. The molecule has 0 saturated heterocycles. The number of ether oxygens (including phenoxy) is 3. The zero-order valence-electron chi connectivity index (χ0n) is 15.4. The van der Waals surface area contributed by atoms with Gasteiger partial charge in [0.15, 0.2) is 0 Å². The van der Waals surface area contributed by atoms with Crippen LogP contribution in [0.5, 0.6) is 11.5 Å². The van der Waals surface area contributed by atoms with Gasteiger partial charge in [-0.05, 0) is 12.1 Å². The molecule has 0 aliphatic rings. The summed E-state index contributed by atoms with van der Waals surface area (Å²) in [6, 6.07) is 6.80. The lowest BCUT2D eigenvalue weighted by atomic mass is 10.2. The number of methoxy groups -OCH3 is 2. The SMILES string of the molecule is COC(=O)/C=C(/Nc1cc(Oc2cccc(Cl)c2Cl)c(Cl)cc1[N+](=O)[O-])C(=O)OC. The maximum Gasteiger partial charge on any atom is 0.354 e. The minimum atomic E-state index is -0.968. The number of anilines is 1. The van der Waals surface area contributed by atoms with Gasteiger partial charge in [-0.3, -0.25) is 10.1 Å². The maximum absolute atomic E-state index is 12.0. The van der Waals surface area contributed by atoms with Crippen LogP contribution in [0.1, 0.15) is 0 Å². The first kappa shape index (κ1) is 23.3. The molecule has 158 valence electrons. The van der Waals surface area contributed by atoms with Crippen molar-refractivity contribution < 1.29 is 28.7 Å². The number of nitro groups is 1. The number of carbonyl (C=O) groups excluding carboxylic acids is 2. The number of hydrogen-bond donors (Lipinski definition) is 1. The first-order chi connectivity index (χ1) is 14.2. The van der Waals surface area contributed by atoms with Gasteiger partial charge in [-0.25, -0.2) is 9.59 Å². The van der Waals surface area contributed by atoms with Gasteiger partial charge in [-0.15, -0.1) is 0 Å². The van der Waals surface area contributed by atoms with Crippen LogP contribution in [0.15, 0.2) is 42.1 Å². The Morgan fingerprint density at radius 2 is 1.77 bits per heavy atom. The van der Waals surface area contributed by atoms with Crippen molar-refractivity contribution in [1.82, 2.24) is 0 Å². The molecule has 0 radical (unpaired) electrons. The van der Waals surface area contributed by atoms with Gasteiger partial charge in [0.1, 0.15) is 27.9 Å². The number of halogens is 3. The Balaban J connectivity index is 2.54. The van der Waals surface area contributed by atoms with E-state index >= 15 is 0 Å². The topological polar surface area (TPSA) is 117 Å². The smallest absolute Gasteiger partial charge is 0.354 e. The highest BCUT2D eigenvalue weighted by Gasteiger charge is 2.23. The third-order valence-corrected chi connectivity index (χ3v) is 4.62. The summed E-state index contributed by atoms with van der Waals surface area (Å²) in [4.78, 5) is 34.2. The summed E-state index contributed by atoms with van der Waals surface area (Å²) in [5, 5.41) is 14.1. The van der Waals surface area contributed by atoms with Crippen molar-refractivity contribution in [2.75, 3.05) is 19.5 Å². The van der Waals surface area contributed by atoms with Gasteiger partial charge in [0, 0.05) is 12.1 Å². The monoisotopic (exact) mass is 474 g/mol. The predicted molar refractivity (Wildman–Crippen MR) is 110 cm³/mol. The van der Waals surface area contributed by atoms with Gasteiger partial charge < -0.3 is 19.5 Å². The molecule has 0 spiro atoms. The normalized spacial score (nSPS) is 10.9. The third kappa shape index (κ3) is 5.53. The van der Waals surface area contributed by atoms with Crippen LogP contribution in [-0.2, 0) is 19.1 Å². The van der Waals surface area contributed by atoms with Gasteiger partial charge in [-0.2, -0.15) is 0 Å². The molecule has 0 aliphatic heterocycles. The van der Waals surface area contributed by atoms with E-state index in [-0.39, 0.29) is 32.3 Å². The standard InChI is InChI=1S/C18H13Cl3N2O7/c1-28-16(24)8-12(18(25)29-2)22-11-7-15(10(20)6-13(11)23(26)27)30-14-5-3-4-9(19)17(14)21/h3-8,22H,1-2H3/b12-8+.